The highest BCUT2D eigenvalue weighted by molar-refractivity contribution is 5.96. The summed E-state index contributed by atoms with van der Waals surface area (Å²) in [5, 5.41) is 20.4. The summed E-state index contributed by atoms with van der Waals surface area (Å²) in [6.07, 6.45) is 0.513. The van der Waals surface area contributed by atoms with Crippen LogP contribution in [0.1, 0.15) is 16.8 Å². The Bertz CT molecular complexity index is 312. The Kier molecular flexibility index (Phi) is 3.94. The molecule has 0 saturated carbocycles. The fourth-order valence-corrected chi connectivity index (χ4v) is 1.04. The van der Waals surface area contributed by atoms with Gasteiger partial charge in [0.2, 0.25) is 0 Å². The van der Waals surface area contributed by atoms with Crippen LogP contribution in [0.5, 0.6) is 5.75 Å². The minimum Gasteiger partial charge on any atom is -0.507 e. The van der Waals surface area contributed by atoms with Crippen molar-refractivity contribution in [3.8, 4) is 5.75 Å². The van der Waals surface area contributed by atoms with E-state index >= 15 is 0 Å². The fraction of sp³-hybridized carbons (Fsp3) is 0.300. The summed E-state index contributed by atoms with van der Waals surface area (Å²) in [6.45, 7) is 0.449. The van der Waals surface area contributed by atoms with E-state index in [0.717, 1.165) is 0 Å². The van der Waals surface area contributed by atoms with Gasteiger partial charge in [0.15, 0.2) is 0 Å². The first-order valence-electron chi connectivity index (χ1n) is 4.42. The second-order valence-corrected chi connectivity index (χ2v) is 2.85. The van der Waals surface area contributed by atoms with Crippen molar-refractivity contribution in [2.75, 3.05) is 13.2 Å². The van der Waals surface area contributed by atoms with Crippen molar-refractivity contribution >= 4 is 5.91 Å². The molecule has 0 atom stereocenters. The molecule has 0 radical (unpaired) electrons. The van der Waals surface area contributed by atoms with Crippen molar-refractivity contribution in [2.45, 2.75) is 6.42 Å². The third kappa shape index (κ3) is 2.74. The number of amides is 1. The summed E-state index contributed by atoms with van der Waals surface area (Å²) < 4.78 is 0. The van der Waals surface area contributed by atoms with Gasteiger partial charge in [-0.2, -0.15) is 0 Å². The number of aliphatic hydroxyl groups excluding tert-OH is 1. The zero-order chi connectivity index (χ0) is 10.4. The normalized spacial score (nSPS) is 9.79. The van der Waals surface area contributed by atoms with Gasteiger partial charge in [-0.25, -0.2) is 0 Å². The molecule has 0 saturated heterocycles. The first kappa shape index (κ1) is 10.5. The molecule has 4 nitrogen and oxygen atoms in total. The molecule has 1 rings (SSSR count). The molecule has 0 spiro atoms. The fourth-order valence-electron chi connectivity index (χ4n) is 1.04. The number of phenolic OH excluding ortho intramolecular Hbond substituents is 1. The van der Waals surface area contributed by atoms with E-state index < -0.39 is 0 Å². The number of nitrogens with one attached hydrogen (secondary N) is 1. The average molecular weight is 195 g/mol. The number of para-hydroxylation sites is 1. The standard InChI is InChI=1S/C10H13NO3/c12-7-3-6-11-10(14)8-4-1-2-5-9(8)13/h1-2,4-5,12-13H,3,6-7H2,(H,11,14). The van der Waals surface area contributed by atoms with E-state index in [2.05, 4.69) is 5.32 Å². The highest BCUT2D eigenvalue weighted by Gasteiger charge is 2.08. The highest BCUT2D eigenvalue weighted by atomic mass is 16.3. The van der Waals surface area contributed by atoms with Crippen LogP contribution >= 0.6 is 0 Å². The van der Waals surface area contributed by atoms with E-state index in [1.54, 1.807) is 18.2 Å². The monoisotopic (exact) mass is 195 g/mol. The quantitative estimate of drug-likeness (QED) is 0.613. The molecule has 0 aromatic heterocycles. The van der Waals surface area contributed by atoms with Crippen LogP contribution in [-0.2, 0) is 0 Å². The molecule has 14 heavy (non-hydrogen) atoms. The van der Waals surface area contributed by atoms with Gasteiger partial charge in [-0.05, 0) is 18.6 Å². The SMILES string of the molecule is O=C(NCCCO)c1ccccc1O. The molecule has 1 amide bonds. The van der Waals surface area contributed by atoms with E-state index in [-0.39, 0.29) is 23.8 Å². The smallest absolute Gasteiger partial charge is 0.255 e. The van der Waals surface area contributed by atoms with E-state index in [9.17, 15) is 9.90 Å². The topological polar surface area (TPSA) is 69.6 Å². The Labute approximate surface area is 82.2 Å². The zero-order valence-corrected chi connectivity index (χ0v) is 7.73. The number of carbonyl (C=O) groups is 1. The molecular weight excluding hydrogens is 182 g/mol. The number of benzene rings is 1. The molecule has 1 aromatic rings. The number of carbonyl (C=O) groups excluding carboxylic acids is 1. The third-order valence-corrected chi connectivity index (χ3v) is 1.77. The number of hydrogen-bond acceptors (Lipinski definition) is 3. The van der Waals surface area contributed by atoms with Gasteiger partial charge in [0.05, 0.1) is 5.56 Å². The van der Waals surface area contributed by atoms with Gasteiger partial charge >= 0.3 is 0 Å². The van der Waals surface area contributed by atoms with E-state index in [0.29, 0.717) is 13.0 Å². The predicted molar refractivity (Wildman–Crippen MR) is 52.1 cm³/mol. The minimum absolute atomic E-state index is 0.0333. The largest absolute Gasteiger partial charge is 0.507 e. The lowest BCUT2D eigenvalue weighted by Crippen LogP contribution is -2.24. The zero-order valence-electron chi connectivity index (χ0n) is 7.73. The minimum atomic E-state index is -0.323. The van der Waals surface area contributed by atoms with Crippen LogP contribution in [0.25, 0.3) is 0 Å². The van der Waals surface area contributed by atoms with Gasteiger partial charge in [0.25, 0.3) is 5.91 Å². The molecule has 0 fully saturated rings. The van der Waals surface area contributed by atoms with Crippen molar-refractivity contribution in [3.05, 3.63) is 29.8 Å². The number of phenols is 1. The summed E-state index contributed by atoms with van der Waals surface area (Å²) in [5.41, 5.74) is 0.255. The Morgan fingerprint density at radius 3 is 2.71 bits per heavy atom. The van der Waals surface area contributed by atoms with Gasteiger partial charge < -0.3 is 15.5 Å². The van der Waals surface area contributed by atoms with Gasteiger partial charge in [-0.1, -0.05) is 12.1 Å². The van der Waals surface area contributed by atoms with Crippen LogP contribution in [0.2, 0.25) is 0 Å². The second-order valence-electron chi connectivity index (χ2n) is 2.85. The number of aliphatic hydroxyl groups is 1. The van der Waals surface area contributed by atoms with E-state index in [1.165, 1.54) is 6.07 Å². The second kappa shape index (κ2) is 5.24. The van der Waals surface area contributed by atoms with Crippen molar-refractivity contribution in [2.24, 2.45) is 0 Å². The summed E-state index contributed by atoms with van der Waals surface area (Å²) >= 11 is 0. The first-order chi connectivity index (χ1) is 6.75. The van der Waals surface area contributed by atoms with Gasteiger partial charge in [0.1, 0.15) is 5.75 Å². The predicted octanol–water partition coefficient (Wildman–Crippen LogP) is 0.504. The molecule has 0 aliphatic heterocycles. The van der Waals surface area contributed by atoms with Crippen molar-refractivity contribution in [3.63, 3.8) is 0 Å². The summed E-state index contributed by atoms with van der Waals surface area (Å²) in [6, 6.07) is 6.34. The Morgan fingerprint density at radius 2 is 2.07 bits per heavy atom. The molecule has 3 N–H and O–H groups in total. The lowest BCUT2D eigenvalue weighted by atomic mass is 10.2. The number of rotatable bonds is 4. The van der Waals surface area contributed by atoms with Crippen molar-refractivity contribution < 1.29 is 15.0 Å². The molecule has 76 valence electrons. The Hall–Kier alpha value is -1.55. The van der Waals surface area contributed by atoms with Crippen LogP contribution < -0.4 is 5.32 Å². The lowest BCUT2D eigenvalue weighted by molar-refractivity contribution is 0.0948. The Balaban J connectivity index is 2.56. The van der Waals surface area contributed by atoms with Crippen molar-refractivity contribution in [1.29, 1.82) is 0 Å². The summed E-state index contributed by atoms with van der Waals surface area (Å²) in [7, 11) is 0. The highest BCUT2D eigenvalue weighted by Crippen LogP contribution is 2.14. The van der Waals surface area contributed by atoms with Crippen LogP contribution in [-0.4, -0.2) is 29.3 Å². The molecular formula is C10H13NO3. The summed E-state index contributed by atoms with van der Waals surface area (Å²) in [4.78, 5) is 11.4. The van der Waals surface area contributed by atoms with Crippen LogP contribution in [0.4, 0.5) is 0 Å². The number of hydrogen-bond donors (Lipinski definition) is 3. The molecule has 0 unspecified atom stereocenters. The van der Waals surface area contributed by atoms with Gasteiger partial charge in [-0.3, -0.25) is 4.79 Å². The summed E-state index contributed by atoms with van der Waals surface area (Å²) in [5.74, 6) is -0.356. The number of aromatic hydroxyl groups is 1. The van der Waals surface area contributed by atoms with E-state index in [1.807, 2.05) is 0 Å². The first-order valence-corrected chi connectivity index (χ1v) is 4.42. The molecule has 1 aromatic carbocycles. The van der Waals surface area contributed by atoms with Crippen LogP contribution in [0.3, 0.4) is 0 Å². The maximum atomic E-state index is 11.4. The van der Waals surface area contributed by atoms with Gasteiger partial charge in [-0.15, -0.1) is 0 Å². The molecule has 0 aliphatic carbocycles. The molecule has 0 aliphatic rings. The molecule has 0 bridgehead atoms. The van der Waals surface area contributed by atoms with Crippen LogP contribution in [0.15, 0.2) is 24.3 Å². The maximum absolute atomic E-state index is 11.4. The molecule has 0 heterocycles. The van der Waals surface area contributed by atoms with Crippen LogP contribution in [0, 0.1) is 0 Å². The Morgan fingerprint density at radius 1 is 1.36 bits per heavy atom. The lowest BCUT2D eigenvalue weighted by Gasteiger charge is -2.05. The molecule has 4 heteroatoms. The van der Waals surface area contributed by atoms with Gasteiger partial charge in [0, 0.05) is 13.2 Å². The third-order valence-electron chi connectivity index (χ3n) is 1.77. The average Bonchev–Trinajstić information content (AvgIpc) is 2.18. The maximum Gasteiger partial charge on any atom is 0.255 e. The van der Waals surface area contributed by atoms with Crippen molar-refractivity contribution in [1.82, 2.24) is 5.32 Å². The van der Waals surface area contributed by atoms with E-state index in [4.69, 9.17) is 5.11 Å².